The third-order valence-corrected chi connectivity index (χ3v) is 7.72. The number of hydrogen-bond donors (Lipinski definition) is 1. The number of fused-ring (bicyclic) bond motifs is 1. The lowest BCUT2D eigenvalue weighted by molar-refractivity contribution is -0.106. The molecule has 1 aromatic heterocycles. The van der Waals surface area contributed by atoms with Gasteiger partial charge in [-0.25, -0.2) is 13.2 Å². The van der Waals surface area contributed by atoms with Gasteiger partial charge >= 0.3 is 12.1 Å². The van der Waals surface area contributed by atoms with Crippen molar-refractivity contribution in [2.75, 3.05) is 42.2 Å². The van der Waals surface area contributed by atoms with Crippen LogP contribution in [-0.2, 0) is 25.9 Å². The van der Waals surface area contributed by atoms with Crippen molar-refractivity contribution in [3.8, 4) is 0 Å². The number of carbonyl (C=O) groups excluding carboxylic acids is 1. The summed E-state index contributed by atoms with van der Waals surface area (Å²) in [6.07, 6.45) is -2.54. The van der Waals surface area contributed by atoms with Gasteiger partial charge in [-0.15, -0.1) is 20.4 Å². The van der Waals surface area contributed by atoms with Crippen LogP contribution in [0.25, 0.3) is 0 Å². The summed E-state index contributed by atoms with van der Waals surface area (Å²) in [6, 6.07) is 3.33. The molecule has 2 heterocycles. The highest BCUT2D eigenvalue weighted by molar-refractivity contribution is 7.92. The van der Waals surface area contributed by atoms with Crippen LogP contribution in [0.1, 0.15) is 49.0 Å². The summed E-state index contributed by atoms with van der Waals surface area (Å²) in [5, 5.41) is 15.4. The maximum Gasteiger partial charge on any atom is 0.404 e. The molecule has 16 heteroatoms. The minimum Gasteiger partial charge on any atom is -0.458 e. The zero-order valence-corrected chi connectivity index (χ0v) is 23.6. The Kier molecular flexibility index (Phi) is 10.2. The number of carbonyl (C=O) groups is 1. The van der Waals surface area contributed by atoms with Gasteiger partial charge in [0.1, 0.15) is 12.3 Å². The molecule has 1 unspecified atom stereocenters. The first-order valence-corrected chi connectivity index (χ1v) is 14.7. The maximum atomic E-state index is 12.9. The predicted molar refractivity (Wildman–Crippen MR) is 141 cm³/mol. The average molecular weight is 593 g/mol. The zero-order chi connectivity index (χ0) is 28.8. The Morgan fingerprint density at radius 1 is 1.26 bits per heavy atom. The van der Waals surface area contributed by atoms with E-state index in [1.807, 2.05) is 4.72 Å². The van der Waals surface area contributed by atoms with Crippen molar-refractivity contribution in [2.24, 2.45) is 16.1 Å². The van der Waals surface area contributed by atoms with Gasteiger partial charge in [0.15, 0.2) is 5.75 Å². The first-order valence-electron chi connectivity index (χ1n) is 12.2. The third kappa shape index (κ3) is 8.83. The summed E-state index contributed by atoms with van der Waals surface area (Å²) in [7, 11) is -3.34. The highest BCUT2D eigenvalue weighted by Gasteiger charge is 2.36. The lowest BCUT2D eigenvalue weighted by Gasteiger charge is -2.40. The molecule has 0 bridgehead atoms. The Morgan fingerprint density at radius 3 is 2.64 bits per heavy atom. The summed E-state index contributed by atoms with van der Waals surface area (Å²) < 4.78 is 75.4. The van der Waals surface area contributed by atoms with Gasteiger partial charge in [0, 0.05) is 25.4 Å². The largest absolute Gasteiger partial charge is 0.458 e. The Morgan fingerprint density at radius 2 is 2.00 bits per heavy atom. The molecule has 2 aromatic rings. The number of aromatic nitrogens is 2. The first kappa shape index (κ1) is 30.7. The number of ether oxygens (including phenoxy) is 2. The number of hydrogen-bond acceptors (Lipinski definition) is 11. The van der Waals surface area contributed by atoms with Crippen LogP contribution in [0.2, 0.25) is 0 Å². The van der Waals surface area contributed by atoms with Crippen molar-refractivity contribution in [2.45, 2.75) is 52.3 Å². The second-order valence-electron chi connectivity index (χ2n) is 9.34. The molecule has 0 amide bonds. The number of alkyl halides is 3. The van der Waals surface area contributed by atoms with Crippen molar-refractivity contribution < 1.29 is 35.9 Å². The van der Waals surface area contributed by atoms with Crippen LogP contribution in [-0.4, -0.2) is 69.4 Å². The molecule has 0 saturated heterocycles. The Bertz CT molecular complexity index is 1280. The fourth-order valence-electron chi connectivity index (χ4n) is 4.13. The number of methoxy groups -OCH3 is 1. The van der Waals surface area contributed by atoms with Gasteiger partial charge in [0.2, 0.25) is 15.0 Å². The highest BCUT2D eigenvalue weighted by atomic mass is 32.2. The number of aryl methyl sites for hydroxylation is 1. The monoisotopic (exact) mass is 592 g/mol. The first-order chi connectivity index (χ1) is 18.3. The lowest BCUT2D eigenvalue weighted by Crippen LogP contribution is -2.41. The van der Waals surface area contributed by atoms with E-state index in [9.17, 15) is 26.4 Å². The van der Waals surface area contributed by atoms with Gasteiger partial charge in [0.05, 0.1) is 12.3 Å². The highest BCUT2D eigenvalue weighted by Crippen LogP contribution is 2.41. The summed E-state index contributed by atoms with van der Waals surface area (Å²) in [5.74, 6) is -2.48. The number of halogens is 3. The van der Waals surface area contributed by atoms with E-state index < -0.39 is 27.9 Å². The Labute approximate surface area is 228 Å². The van der Waals surface area contributed by atoms with Crippen molar-refractivity contribution >= 4 is 49.5 Å². The molecule has 0 fully saturated rings. The van der Waals surface area contributed by atoms with Crippen LogP contribution in [0, 0.1) is 5.92 Å². The van der Waals surface area contributed by atoms with Gasteiger partial charge in [-0.1, -0.05) is 32.1 Å². The number of benzene rings is 1. The molecule has 0 aliphatic carbocycles. The molecule has 1 aromatic carbocycles. The van der Waals surface area contributed by atoms with Crippen molar-refractivity contribution in [1.82, 2.24) is 10.2 Å². The minimum absolute atomic E-state index is 0.0124. The SMILES string of the molecule is CCC1CCc2cc(N=Nc3nnc(C(=O)OCCOC)s3)c(NS(=O)(=O)CC(F)(F)F)cc2N1CC(C)C. The van der Waals surface area contributed by atoms with Crippen molar-refractivity contribution in [1.29, 1.82) is 0 Å². The number of anilines is 2. The van der Waals surface area contributed by atoms with Crippen LogP contribution in [0.3, 0.4) is 0 Å². The minimum atomic E-state index is -4.93. The number of nitrogens with one attached hydrogen (secondary N) is 1. The number of esters is 1. The van der Waals surface area contributed by atoms with Crippen LogP contribution >= 0.6 is 11.3 Å². The molecule has 11 nitrogen and oxygen atoms in total. The molecular formula is C23H31F3N6O5S2. The van der Waals surface area contributed by atoms with E-state index in [1.165, 1.54) is 13.2 Å². The molecular weight excluding hydrogens is 561 g/mol. The maximum absolute atomic E-state index is 12.9. The standard InChI is InChI=1S/C23H31F3N6O5S2/c1-5-16-7-6-15-10-17(27-29-22-30-28-20(38-22)21(33)37-9-8-36-4)18(11-19(15)32(16)12-14(2)3)31-39(34,35)13-23(24,25)26/h10-11,14,16,31H,5-9,12-13H2,1-4H3. The van der Waals surface area contributed by atoms with Crippen LogP contribution in [0.15, 0.2) is 22.4 Å². The van der Waals surface area contributed by atoms with E-state index in [0.717, 1.165) is 35.4 Å². The summed E-state index contributed by atoms with van der Waals surface area (Å²) in [6.45, 7) is 7.09. The fraction of sp³-hybridized carbons (Fsp3) is 0.609. The quantitative estimate of drug-likeness (QED) is 0.201. The van der Waals surface area contributed by atoms with Gasteiger partial charge in [-0.05, 0) is 42.9 Å². The topological polar surface area (TPSA) is 135 Å². The fourth-order valence-corrected chi connectivity index (χ4v) is 5.69. The molecule has 1 N–H and O–H groups in total. The molecule has 3 rings (SSSR count). The Balaban J connectivity index is 1.98. The predicted octanol–water partition coefficient (Wildman–Crippen LogP) is 5.25. The second kappa shape index (κ2) is 13.0. The second-order valence-corrected chi connectivity index (χ2v) is 12.0. The van der Waals surface area contributed by atoms with Crippen LogP contribution < -0.4 is 9.62 Å². The Hall–Kier alpha value is -2.85. The van der Waals surface area contributed by atoms with E-state index in [1.54, 1.807) is 6.07 Å². The van der Waals surface area contributed by atoms with E-state index in [4.69, 9.17) is 9.47 Å². The van der Waals surface area contributed by atoms with E-state index in [-0.39, 0.29) is 40.8 Å². The van der Waals surface area contributed by atoms with Gasteiger partial charge in [-0.2, -0.15) is 13.2 Å². The van der Waals surface area contributed by atoms with Crippen LogP contribution in [0.4, 0.5) is 35.4 Å². The molecule has 0 spiro atoms. The lowest BCUT2D eigenvalue weighted by atomic mass is 9.92. The summed E-state index contributed by atoms with van der Waals surface area (Å²) in [5.41, 5.74) is 1.48. The number of azo groups is 1. The van der Waals surface area contributed by atoms with E-state index in [2.05, 4.69) is 46.1 Å². The molecule has 1 aliphatic rings. The molecule has 39 heavy (non-hydrogen) atoms. The molecule has 0 radical (unpaired) electrons. The molecule has 216 valence electrons. The van der Waals surface area contributed by atoms with Gasteiger partial charge < -0.3 is 14.4 Å². The normalized spacial score (nSPS) is 16.1. The van der Waals surface area contributed by atoms with Gasteiger partial charge in [0.25, 0.3) is 5.13 Å². The number of nitrogens with zero attached hydrogens (tertiary/aromatic N) is 5. The molecule has 1 atom stereocenters. The molecule has 0 saturated carbocycles. The van der Waals surface area contributed by atoms with Gasteiger partial charge in [-0.3, -0.25) is 4.72 Å². The summed E-state index contributed by atoms with van der Waals surface area (Å²) in [4.78, 5) is 14.2. The van der Waals surface area contributed by atoms with Crippen molar-refractivity contribution in [3.63, 3.8) is 0 Å². The smallest absolute Gasteiger partial charge is 0.404 e. The summed E-state index contributed by atoms with van der Waals surface area (Å²) >= 11 is 0.791. The third-order valence-electron chi connectivity index (χ3n) is 5.70. The number of sulfonamides is 1. The van der Waals surface area contributed by atoms with Crippen LogP contribution in [0.5, 0.6) is 0 Å². The molecule has 1 aliphatic heterocycles. The van der Waals surface area contributed by atoms with E-state index >= 15 is 0 Å². The average Bonchev–Trinajstić information content (AvgIpc) is 3.30. The number of rotatable bonds is 12. The zero-order valence-electron chi connectivity index (χ0n) is 22.0. The van der Waals surface area contributed by atoms with Crippen molar-refractivity contribution in [3.05, 3.63) is 22.7 Å². The van der Waals surface area contributed by atoms with E-state index in [0.29, 0.717) is 18.9 Å².